The first kappa shape index (κ1) is 28.3. The molecule has 0 atom stereocenters. The molecule has 0 aromatic heterocycles. The van der Waals surface area contributed by atoms with Crippen LogP contribution in [-0.2, 0) is 11.2 Å². The Hall–Kier alpha value is -1.91. The van der Waals surface area contributed by atoms with Crippen LogP contribution in [-0.4, -0.2) is 17.6 Å². The van der Waals surface area contributed by atoms with Crippen LogP contribution in [0.5, 0.6) is 11.5 Å². The van der Waals surface area contributed by atoms with Crippen molar-refractivity contribution in [2.45, 2.75) is 90.9 Å². The molecule has 0 saturated heterocycles. The van der Waals surface area contributed by atoms with E-state index >= 15 is 0 Å². The first-order valence-electron chi connectivity index (χ1n) is 12.6. The van der Waals surface area contributed by atoms with Gasteiger partial charge in [-0.05, 0) is 49.1 Å². The zero-order valence-corrected chi connectivity index (χ0v) is 22.1. The van der Waals surface area contributed by atoms with Crippen LogP contribution in [0.1, 0.15) is 88.7 Å². The molecule has 6 heteroatoms. The lowest BCUT2D eigenvalue weighted by atomic mass is 10.0. The van der Waals surface area contributed by atoms with Crippen LogP contribution in [0.3, 0.4) is 0 Å². The second kappa shape index (κ2) is 15.9. The average molecular weight is 509 g/mol. The Morgan fingerprint density at radius 1 is 0.941 bits per heavy atom. The average Bonchev–Trinajstić information content (AvgIpc) is 2.83. The number of carbonyl (C=O) groups excluding carboxylic acids is 1. The van der Waals surface area contributed by atoms with Gasteiger partial charge in [-0.25, -0.2) is 0 Å². The fourth-order valence-electron chi connectivity index (χ4n) is 3.92. The van der Waals surface area contributed by atoms with Gasteiger partial charge in [0.15, 0.2) is 12.4 Å². The van der Waals surface area contributed by atoms with Crippen LogP contribution in [0.25, 0.3) is 0 Å². The van der Waals surface area contributed by atoms with E-state index in [2.05, 4.69) is 18.3 Å². The van der Waals surface area contributed by atoms with E-state index in [9.17, 15) is 9.90 Å². The maximum atomic E-state index is 12.3. The van der Waals surface area contributed by atoms with Crippen molar-refractivity contribution in [3.05, 3.63) is 51.5 Å². The van der Waals surface area contributed by atoms with E-state index < -0.39 is 5.91 Å². The molecule has 2 aromatic rings. The van der Waals surface area contributed by atoms with Crippen molar-refractivity contribution in [2.24, 2.45) is 0 Å². The summed E-state index contributed by atoms with van der Waals surface area (Å²) in [5.41, 5.74) is 1.94. The van der Waals surface area contributed by atoms with Gasteiger partial charge in [-0.3, -0.25) is 4.79 Å². The lowest BCUT2D eigenvalue weighted by Gasteiger charge is -2.12. The molecule has 0 aliphatic heterocycles. The Morgan fingerprint density at radius 2 is 1.56 bits per heavy atom. The maximum absolute atomic E-state index is 12.3. The quantitative estimate of drug-likeness (QED) is 0.176. The number of benzene rings is 2. The minimum Gasteiger partial charge on any atom is -0.504 e. The van der Waals surface area contributed by atoms with Gasteiger partial charge in [0.05, 0.1) is 10.7 Å². The van der Waals surface area contributed by atoms with Gasteiger partial charge in [-0.15, -0.1) is 0 Å². The molecule has 0 fully saturated rings. The number of amides is 1. The normalized spacial score (nSPS) is 10.9. The number of aromatic hydroxyl groups is 1. The highest BCUT2D eigenvalue weighted by Gasteiger charge is 2.15. The largest absolute Gasteiger partial charge is 0.504 e. The molecule has 0 unspecified atom stereocenters. The highest BCUT2D eigenvalue weighted by atomic mass is 35.5. The van der Waals surface area contributed by atoms with Crippen LogP contribution in [0, 0.1) is 6.92 Å². The van der Waals surface area contributed by atoms with Gasteiger partial charge in [-0.2, -0.15) is 0 Å². The Labute approximate surface area is 215 Å². The maximum Gasteiger partial charge on any atom is 0.262 e. The number of hydrogen-bond acceptors (Lipinski definition) is 3. The molecule has 34 heavy (non-hydrogen) atoms. The molecule has 0 radical (unpaired) electrons. The van der Waals surface area contributed by atoms with E-state index in [1.54, 1.807) is 6.92 Å². The third kappa shape index (κ3) is 10.1. The molecule has 2 rings (SSSR count). The molecule has 188 valence electrons. The zero-order chi connectivity index (χ0) is 24.8. The molecule has 0 aliphatic carbocycles. The fraction of sp³-hybridized carbons (Fsp3) is 0.536. The first-order valence-corrected chi connectivity index (χ1v) is 13.4. The summed E-state index contributed by atoms with van der Waals surface area (Å²) >= 11 is 12.1. The van der Waals surface area contributed by atoms with Crippen molar-refractivity contribution in [1.82, 2.24) is 0 Å². The molecule has 0 spiro atoms. The van der Waals surface area contributed by atoms with Crippen molar-refractivity contribution in [3.63, 3.8) is 0 Å². The molecule has 4 nitrogen and oxygen atoms in total. The van der Waals surface area contributed by atoms with Gasteiger partial charge in [-0.1, -0.05) is 106 Å². The standard InChI is InChI=1S/C28H39Cl2NO3/c1-3-4-5-6-7-8-9-10-11-12-13-15-22-16-14-17-23(18-22)34-20-26(32)31-25-19-24(29)21(2)27(30)28(25)33/h14,16-19,33H,3-13,15,20H2,1-2H3,(H,31,32). The number of aryl methyl sites for hydroxylation is 1. The summed E-state index contributed by atoms with van der Waals surface area (Å²) in [4.78, 5) is 12.3. The molecule has 0 bridgehead atoms. The van der Waals surface area contributed by atoms with E-state index in [0.717, 1.165) is 12.8 Å². The number of halogens is 2. The first-order chi connectivity index (χ1) is 16.4. The van der Waals surface area contributed by atoms with E-state index in [-0.39, 0.29) is 23.1 Å². The smallest absolute Gasteiger partial charge is 0.262 e. The number of nitrogens with one attached hydrogen (secondary N) is 1. The third-order valence-corrected chi connectivity index (χ3v) is 6.89. The summed E-state index contributed by atoms with van der Waals surface area (Å²) in [7, 11) is 0. The van der Waals surface area contributed by atoms with Gasteiger partial charge in [0.2, 0.25) is 0 Å². The summed E-state index contributed by atoms with van der Waals surface area (Å²) < 4.78 is 5.65. The van der Waals surface area contributed by atoms with Crippen LogP contribution in [0.15, 0.2) is 30.3 Å². The van der Waals surface area contributed by atoms with Gasteiger partial charge < -0.3 is 15.2 Å². The van der Waals surface area contributed by atoms with Crippen molar-refractivity contribution < 1.29 is 14.6 Å². The fourth-order valence-corrected chi connectivity index (χ4v) is 4.37. The Bertz CT molecular complexity index is 901. The topological polar surface area (TPSA) is 58.6 Å². The summed E-state index contributed by atoms with van der Waals surface area (Å²) in [6, 6.07) is 9.35. The van der Waals surface area contributed by atoms with E-state index in [1.165, 1.54) is 75.8 Å². The number of phenolic OH excluding ortho intramolecular Hbond substituents is 1. The predicted octanol–water partition coefficient (Wildman–Crippen LogP) is 8.88. The minimum absolute atomic E-state index is 0.124. The lowest BCUT2D eigenvalue weighted by Crippen LogP contribution is -2.20. The summed E-state index contributed by atoms with van der Waals surface area (Å²) in [5, 5.41) is 13.2. The molecular weight excluding hydrogens is 469 g/mol. The molecular formula is C28H39Cl2NO3. The molecule has 1 amide bonds. The Kier molecular flexibility index (Phi) is 13.2. The number of ether oxygens (including phenoxy) is 1. The van der Waals surface area contributed by atoms with Crippen molar-refractivity contribution in [3.8, 4) is 11.5 Å². The second-order valence-corrected chi connectivity index (χ2v) is 9.75. The lowest BCUT2D eigenvalue weighted by molar-refractivity contribution is -0.118. The van der Waals surface area contributed by atoms with E-state index in [1.807, 2.05) is 18.2 Å². The highest BCUT2D eigenvalue weighted by Crippen LogP contribution is 2.38. The zero-order valence-electron chi connectivity index (χ0n) is 20.6. The van der Waals surface area contributed by atoms with Gasteiger partial charge >= 0.3 is 0 Å². The number of hydrogen-bond donors (Lipinski definition) is 2. The summed E-state index contributed by atoms with van der Waals surface area (Å²) in [6.07, 6.45) is 15.6. The van der Waals surface area contributed by atoms with Crippen molar-refractivity contribution >= 4 is 34.8 Å². The molecule has 2 N–H and O–H groups in total. The van der Waals surface area contributed by atoms with Crippen LogP contribution in [0.4, 0.5) is 5.69 Å². The highest BCUT2D eigenvalue weighted by molar-refractivity contribution is 6.37. The monoisotopic (exact) mass is 507 g/mol. The minimum atomic E-state index is -0.401. The molecule has 0 saturated carbocycles. The number of rotatable bonds is 16. The van der Waals surface area contributed by atoms with Gasteiger partial charge in [0.25, 0.3) is 5.91 Å². The van der Waals surface area contributed by atoms with Gasteiger partial charge in [0, 0.05) is 5.02 Å². The van der Waals surface area contributed by atoms with Crippen LogP contribution >= 0.6 is 23.2 Å². The van der Waals surface area contributed by atoms with Crippen LogP contribution < -0.4 is 10.1 Å². The number of anilines is 1. The SMILES string of the molecule is CCCCCCCCCCCCCc1cccc(OCC(=O)Nc2cc(Cl)c(C)c(Cl)c2O)c1. The van der Waals surface area contributed by atoms with Crippen LogP contribution in [0.2, 0.25) is 10.0 Å². The van der Waals surface area contributed by atoms with Crippen molar-refractivity contribution in [1.29, 1.82) is 0 Å². The summed E-state index contributed by atoms with van der Waals surface area (Å²) in [5.74, 6) is 0.0489. The number of phenols is 1. The predicted molar refractivity (Wildman–Crippen MR) is 144 cm³/mol. The van der Waals surface area contributed by atoms with E-state index in [0.29, 0.717) is 16.3 Å². The summed E-state index contributed by atoms with van der Waals surface area (Å²) in [6.45, 7) is 3.78. The number of unbranched alkanes of at least 4 members (excludes halogenated alkanes) is 10. The molecule has 0 heterocycles. The third-order valence-electron chi connectivity index (χ3n) is 6.03. The van der Waals surface area contributed by atoms with E-state index in [4.69, 9.17) is 27.9 Å². The molecule has 2 aromatic carbocycles. The second-order valence-electron chi connectivity index (χ2n) is 8.96. The van der Waals surface area contributed by atoms with Crippen molar-refractivity contribution in [2.75, 3.05) is 11.9 Å². The molecule has 0 aliphatic rings. The Morgan fingerprint density at radius 3 is 2.21 bits per heavy atom. The number of carbonyl (C=O) groups is 1. The van der Waals surface area contributed by atoms with Gasteiger partial charge in [0.1, 0.15) is 5.75 Å². The Balaban J connectivity index is 1.65.